The van der Waals surface area contributed by atoms with E-state index in [4.69, 9.17) is 14.2 Å². The van der Waals surface area contributed by atoms with E-state index in [0.29, 0.717) is 36.1 Å². The molecule has 1 aliphatic heterocycles. The van der Waals surface area contributed by atoms with Crippen LogP contribution in [0.2, 0.25) is 0 Å². The maximum atomic E-state index is 12.4. The molecule has 0 unspecified atom stereocenters. The van der Waals surface area contributed by atoms with Crippen LogP contribution in [0.1, 0.15) is 21.9 Å². The zero-order valence-corrected chi connectivity index (χ0v) is 13.1. The molecule has 1 aliphatic rings. The van der Waals surface area contributed by atoms with Gasteiger partial charge in [-0.15, -0.1) is 0 Å². The summed E-state index contributed by atoms with van der Waals surface area (Å²) in [6.07, 6.45) is 1.84. The molecule has 6 nitrogen and oxygen atoms in total. The number of nitrogens with zero attached hydrogens (tertiary/aromatic N) is 2. The van der Waals surface area contributed by atoms with Gasteiger partial charge in [0.2, 0.25) is 0 Å². The van der Waals surface area contributed by atoms with E-state index in [1.807, 2.05) is 13.0 Å². The van der Waals surface area contributed by atoms with Gasteiger partial charge in [0, 0.05) is 23.5 Å². The largest absolute Gasteiger partial charge is 0.495 e. The van der Waals surface area contributed by atoms with Gasteiger partial charge in [0.05, 0.1) is 32.9 Å². The summed E-state index contributed by atoms with van der Waals surface area (Å²) < 4.78 is 15.9. The molecule has 0 amide bonds. The van der Waals surface area contributed by atoms with Crippen LogP contribution in [0, 0.1) is 6.92 Å². The maximum Gasteiger partial charge on any atom is 0.187 e. The molecule has 0 N–H and O–H groups in total. The van der Waals surface area contributed by atoms with Gasteiger partial charge in [-0.1, -0.05) is 0 Å². The summed E-state index contributed by atoms with van der Waals surface area (Å²) in [6.45, 7) is 3.01. The van der Waals surface area contributed by atoms with Crippen LogP contribution in [0.15, 0.2) is 30.5 Å². The average Bonchev–Trinajstić information content (AvgIpc) is 2.51. The van der Waals surface area contributed by atoms with E-state index >= 15 is 0 Å². The zero-order valence-electron chi connectivity index (χ0n) is 13.1. The average molecular weight is 314 g/mol. The van der Waals surface area contributed by atoms with Gasteiger partial charge in [0.1, 0.15) is 23.3 Å². The molecule has 0 aliphatic carbocycles. The van der Waals surface area contributed by atoms with E-state index in [1.165, 1.54) is 0 Å². The van der Waals surface area contributed by atoms with Crippen molar-refractivity contribution in [2.75, 3.05) is 20.3 Å². The molecule has 1 saturated heterocycles. The lowest BCUT2D eigenvalue weighted by Crippen LogP contribution is -2.38. The fourth-order valence-electron chi connectivity index (χ4n) is 2.21. The molecule has 0 bridgehead atoms. The van der Waals surface area contributed by atoms with Crippen molar-refractivity contribution < 1.29 is 19.0 Å². The number of pyridine rings is 2. The summed E-state index contributed by atoms with van der Waals surface area (Å²) in [5.74, 6) is 1.21. The molecule has 1 fully saturated rings. The Morgan fingerprint density at radius 3 is 2.74 bits per heavy atom. The van der Waals surface area contributed by atoms with E-state index in [0.717, 1.165) is 5.69 Å². The van der Waals surface area contributed by atoms with Crippen molar-refractivity contribution in [3.63, 3.8) is 0 Å². The van der Waals surface area contributed by atoms with Crippen molar-refractivity contribution in [1.29, 1.82) is 0 Å². The van der Waals surface area contributed by atoms with Gasteiger partial charge in [-0.25, -0.2) is 4.98 Å². The minimum atomic E-state index is -0.0962. The molecule has 0 saturated carbocycles. The molecule has 120 valence electrons. The lowest BCUT2D eigenvalue weighted by Gasteiger charge is -2.26. The fraction of sp³-hybridized carbons (Fsp3) is 0.353. The van der Waals surface area contributed by atoms with Crippen molar-refractivity contribution in [1.82, 2.24) is 9.97 Å². The molecule has 0 radical (unpaired) electrons. The highest BCUT2D eigenvalue weighted by atomic mass is 16.6. The van der Waals surface area contributed by atoms with Crippen molar-refractivity contribution in [2.24, 2.45) is 0 Å². The summed E-state index contributed by atoms with van der Waals surface area (Å²) >= 11 is 0. The van der Waals surface area contributed by atoms with E-state index in [2.05, 4.69) is 9.97 Å². The minimum absolute atomic E-state index is 0.0583. The van der Waals surface area contributed by atoms with Crippen LogP contribution in [0.5, 0.6) is 11.5 Å². The third kappa shape index (κ3) is 3.84. The van der Waals surface area contributed by atoms with Crippen LogP contribution >= 0.6 is 0 Å². The van der Waals surface area contributed by atoms with Gasteiger partial charge in [0.25, 0.3) is 0 Å². The Hall–Kier alpha value is -2.47. The van der Waals surface area contributed by atoms with E-state index < -0.39 is 0 Å². The number of methoxy groups -OCH3 is 1. The number of aryl methyl sites for hydroxylation is 1. The normalized spacial score (nSPS) is 14.2. The van der Waals surface area contributed by atoms with Crippen molar-refractivity contribution in [3.05, 3.63) is 47.5 Å². The number of ether oxygens (including phenoxy) is 3. The molecule has 2 aromatic heterocycles. The molecule has 0 atom stereocenters. The van der Waals surface area contributed by atoms with Crippen LogP contribution < -0.4 is 9.47 Å². The molecular formula is C17H18N2O4. The molecule has 3 heterocycles. The number of rotatable bonds is 6. The van der Waals surface area contributed by atoms with Crippen LogP contribution in [0.25, 0.3) is 0 Å². The molecule has 0 aromatic carbocycles. The van der Waals surface area contributed by atoms with Crippen molar-refractivity contribution in [2.45, 2.75) is 19.4 Å². The maximum absolute atomic E-state index is 12.4. The van der Waals surface area contributed by atoms with E-state index in [1.54, 1.807) is 31.5 Å². The Morgan fingerprint density at radius 2 is 2.13 bits per heavy atom. The SMILES string of the molecule is COc1ccc(CC(=O)c2cc(OC3COC3)cc(C)n2)nc1. The van der Waals surface area contributed by atoms with Gasteiger partial charge in [0.15, 0.2) is 5.78 Å². The summed E-state index contributed by atoms with van der Waals surface area (Å²) in [6, 6.07) is 7.05. The standard InChI is InChI=1S/C17H18N2O4/c1-11-5-14(23-15-9-22-10-15)7-16(19-11)17(20)6-12-3-4-13(21-2)8-18-12/h3-5,7-8,15H,6,9-10H2,1-2H3. The summed E-state index contributed by atoms with van der Waals surface area (Å²) in [7, 11) is 1.58. The Kier molecular flexibility index (Phi) is 4.52. The van der Waals surface area contributed by atoms with Crippen molar-refractivity contribution in [3.8, 4) is 11.5 Å². The first-order valence-corrected chi connectivity index (χ1v) is 7.39. The summed E-state index contributed by atoms with van der Waals surface area (Å²) in [5.41, 5.74) is 1.81. The lowest BCUT2D eigenvalue weighted by molar-refractivity contribution is -0.0797. The van der Waals surface area contributed by atoms with Crippen LogP contribution in [0.4, 0.5) is 0 Å². The van der Waals surface area contributed by atoms with E-state index in [-0.39, 0.29) is 18.3 Å². The Balaban J connectivity index is 1.72. The highest BCUT2D eigenvalue weighted by Crippen LogP contribution is 2.19. The molecular weight excluding hydrogens is 296 g/mol. The molecule has 6 heteroatoms. The number of hydrogen-bond acceptors (Lipinski definition) is 6. The van der Waals surface area contributed by atoms with Gasteiger partial charge >= 0.3 is 0 Å². The smallest absolute Gasteiger partial charge is 0.187 e. The topological polar surface area (TPSA) is 70.5 Å². The lowest BCUT2D eigenvalue weighted by atomic mass is 10.1. The minimum Gasteiger partial charge on any atom is -0.495 e. The quantitative estimate of drug-likeness (QED) is 0.760. The predicted molar refractivity (Wildman–Crippen MR) is 83.0 cm³/mol. The van der Waals surface area contributed by atoms with Gasteiger partial charge < -0.3 is 14.2 Å². The number of carbonyl (C=O) groups excluding carboxylic acids is 1. The van der Waals surface area contributed by atoms with Crippen LogP contribution in [-0.2, 0) is 11.2 Å². The molecule has 3 rings (SSSR count). The number of ketones is 1. The van der Waals surface area contributed by atoms with Gasteiger partial charge in [-0.3, -0.25) is 9.78 Å². The predicted octanol–water partition coefficient (Wildman–Crippen LogP) is 2.00. The summed E-state index contributed by atoms with van der Waals surface area (Å²) in [5, 5.41) is 0. The first kappa shape index (κ1) is 15.4. The van der Waals surface area contributed by atoms with Crippen molar-refractivity contribution >= 4 is 5.78 Å². The molecule has 2 aromatic rings. The third-order valence-corrected chi connectivity index (χ3v) is 3.50. The van der Waals surface area contributed by atoms with Gasteiger partial charge in [-0.05, 0) is 19.1 Å². The second-order valence-electron chi connectivity index (χ2n) is 5.40. The number of hydrogen-bond donors (Lipinski definition) is 0. The first-order chi connectivity index (χ1) is 11.1. The number of carbonyl (C=O) groups is 1. The first-order valence-electron chi connectivity index (χ1n) is 7.39. The monoisotopic (exact) mass is 314 g/mol. The van der Waals surface area contributed by atoms with Crippen LogP contribution in [-0.4, -0.2) is 42.2 Å². The number of Topliss-reactive ketones (excluding diaryl/α,β-unsaturated/α-hetero) is 1. The van der Waals surface area contributed by atoms with E-state index in [9.17, 15) is 4.79 Å². The Labute approximate surface area is 134 Å². The fourth-order valence-corrected chi connectivity index (χ4v) is 2.21. The third-order valence-electron chi connectivity index (χ3n) is 3.50. The number of aromatic nitrogens is 2. The zero-order chi connectivity index (χ0) is 16.2. The molecule has 0 spiro atoms. The molecule has 23 heavy (non-hydrogen) atoms. The Morgan fingerprint density at radius 1 is 1.30 bits per heavy atom. The Bertz CT molecular complexity index is 696. The summed E-state index contributed by atoms with van der Waals surface area (Å²) in [4.78, 5) is 20.9. The second-order valence-corrected chi connectivity index (χ2v) is 5.40. The van der Waals surface area contributed by atoms with Crippen LogP contribution in [0.3, 0.4) is 0 Å². The highest BCUT2D eigenvalue weighted by molar-refractivity contribution is 5.95. The van der Waals surface area contributed by atoms with Gasteiger partial charge in [-0.2, -0.15) is 0 Å². The highest BCUT2D eigenvalue weighted by Gasteiger charge is 2.21. The second kappa shape index (κ2) is 6.75.